The van der Waals surface area contributed by atoms with E-state index in [1.165, 1.54) is 0 Å². The van der Waals surface area contributed by atoms with Crippen LogP contribution in [0, 0.1) is 0 Å². The van der Waals surface area contributed by atoms with Crippen molar-refractivity contribution in [2.45, 2.75) is 25.4 Å². The molecule has 0 bridgehead atoms. The fourth-order valence-electron chi connectivity index (χ4n) is 1.99. The van der Waals surface area contributed by atoms with Crippen molar-refractivity contribution < 1.29 is 14.6 Å². The van der Waals surface area contributed by atoms with Crippen LogP contribution in [-0.2, 0) is 0 Å². The largest absolute Gasteiger partial charge is 0.468 e. The minimum absolute atomic E-state index is 0.0354. The van der Waals surface area contributed by atoms with E-state index in [0.717, 1.165) is 12.2 Å². The molecule has 0 radical (unpaired) electrons. The molecule has 2 atom stereocenters. The van der Waals surface area contributed by atoms with Crippen LogP contribution in [-0.4, -0.2) is 47.5 Å². The summed E-state index contributed by atoms with van der Waals surface area (Å²) in [5.41, 5.74) is 6.10. The zero-order valence-corrected chi connectivity index (χ0v) is 10.2. The summed E-state index contributed by atoms with van der Waals surface area (Å²) in [6.07, 6.45) is 2.42. The summed E-state index contributed by atoms with van der Waals surface area (Å²) in [5, 5.41) is 18.1. The van der Waals surface area contributed by atoms with Gasteiger partial charge in [-0.25, -0.2) is 0 Å². The predicted octanol–water partition coefficient (Wildman–Crippen LogP) is 0.345. The third-order valence-electron chi connectivity index (χ3n) is 2.88. The van der Waals surface area contributed by atoms with Crippen molar-refractivity contribution in [3.8, 4) is 0 Å². The second-order valence-electron chi connectivity index (χ2n) is 4.02. The van der Waals surface area contributed by atoms with Gasteiger partial charge in [0, 0.05) is 19.1 Å². The summed E-state index contributed by atoms with van der Waals surface area (Å²) in [7, 11) is 0. The highest BCUT2D eigenvalue weighted by Crippen LogP contribution is 2.25. The lowest BCUT2D eigenvalue weighted by molar-refractivity contribution is 0.0955. The van der Waals surface area contributed by atoms with Crippen LogP contribution < -0.4 is 5.73 Å². The maximum atomic E-state index is 9.07. The molecule has 0 aliphatic carbocycles. The van der Waals surface area contributed by atoms with Crippen LogP contribution in [0.25, 0.3) is 0 Å². The molecule has 2 unspecified atom stereocenters. The first-order chi connectivity index (χ1) is 8.24. The zero-order valence-electron chi connectivity index (χ0n) is 10.2. The van der Waals surface area contributed by atoms with Gasteiger partial charge in [0.15, 0.2) is 0 Å². The number of aliphatic hydroxyl groups is 2. The van der Waals surface area contributed by atoms with Crippen molar-refractivity contribution in [2.75, 3.05) is 26.3 Å². The van der Waals surface area contributed by atoms with E-state index in [1.807, 2.05) is 24.0 Å². The zero-order chi connectivity index (χ0) is 12.7. The molecule has 0 spiro atoms. The van der Waals surface area contributed by atoms with Crippen LogP contribution in [0.1, 0.15) is 25.1 Å². The van der Waals surface area contributed by atoms with E-state index in [9.17, 15) is 0 Å². The smallest absolute Gasteiger partial charge is 0.122 e. The number of nitrogens with two attached hydrogens (primary N) is 1. The van der Waals surface area contributed by atoms with Gasteiger partial charge in [-0.1, -0.05) is 6.92 Å². The van der Waals surface area contributed by atoms with Gasteiger partial charge < -0.3 is 20.4 Å². The molecule has 4 N–H and O–H groups in total. The second kappa shape index (κ2) is 7.45. The molecule has 98 valence electrons. The lowest BCUT2D eigenvalue weighted by Crippen LogP contribution is -2.43. The van der Waals surface area contributed by atoms with Crippen LogP contribution in [0.5, 0.6) is 0 Å². The fourth-order valence-corrected chi connectivity index (χ4v) is 1.99. The van der Waals surface area contributed by atoms with Crippen molar-refractivity contribution in [3.63, 3.8) is 0 Å². The summed E-state index contributed by atoms with van der Waals surface area (Å²) in [6.45, 7) is 3.03. The first kappa shape index (κ1) is 14.2. The molecule has 5 nitrogen and oxygen atoms in total. The Morgan fingerprint density at radius 2 is 2.00 bits per heavy atom. The Labute approximate surface area is 102 Å². The van der Waals surface area contributed by atoms with Crippen LogP contribution in [0.3, 0.4) is 0 Å². The molecule has 1 aromatic rings. The van der Waals surface area contributed by atoms with Gasteiger partial charge >= 0.3 is 0 Å². The Balaban J connectivity index is 2.86. The van der Waals surface area contributed by atoms with Crippen molar-refractivity contribution in [1.29, 1.82) is 0 Å². The van der Waals surface area contributed by atoms with Gasteiger partial charge in [-0.15, -0.1) is 0 Å². The molecule has 1 rings (SSSR count). The van der Waals surface area contributed by atoms with Crippen LogP contribution in [0.15, 0.2) is 22.8 Å². The Bertz CT molecular complexity index is 284. The first-order valence-electron chi connectivity index (χ1n) is 5.99. The Hall–Kier alpha value is -0.880. The molecule has 0 saturated heterocycles. The van der Waals surface area contributed by atoms with Crippen molar-refractivity contribution in [1.82, 2.24) is 4.90 Å². The molecule has 0 aromatic carbocycles. The number of rotatable bonds is 8. The van der Waals surface area contributed by atoms with E-state index in [2.05, 4.69) is 0 Å². The lowest BCUT2D eigenvalue weighted by atomic mass is 10.0. The minimum Gasteiger partial charge on any atom is -0.468 e. The molecule has 0 aliphatic heterocycles. The van der Waals surface area contributed by atoms with E-state index >= 15 is 0 Å². The number of nitrogens with zero attached hydrogens (tertiary/aromatic N) is 1. The van der Waals surface area contributed by atoms with Gasteiger partial charge in [-0.3, -0.25) is 4.90 Å². The topological polar surface area (TPSA) is 82.9 Å². The highest BCUT2D eigenvalue weighted by Gasteiger charge is 2.27. The maximum absolute atomic E-state index is 9.07. The molecule has 5 heteroatoms. The van der Waals surface area contributed by atoms with Crippen molar-refractivity contribution in [2.24, 2.45) is 5.73 Å². The van der Waals surface area contributed by atoms with E-state index < -0.39 is 0 Å². The van der Waals surface area contributed by atoms with Gasteiger partial charge in [0.1, 0.15) is 5.76 Å². The van der Waals surface area contributed by atoms with Crippen LogP contribution in [0.4, 0.5) is 0 Å². The summed E-state index contributed by atoms with van der Waals surface area (Å²) in [6, 6.07) is 3.51. The lowest BCUT2D eigenvalue weighted by Gasteiger charge is -2.33. The van der Waals surface area contributed by atoms with Gasteiger partial charge in [-0.2, -0.15) is 0 Å². The van der Waals surface area contributed by atoms with Gasteiger partial charge in [0.25, 0.3) is 0 Å². The maximum Gasteiger partial charge on any atom is 0.122 e. The van der Waals surface area contributed by atoms with E-state index in [4.69, 9.17) is 20.4 Å². The van der Waals surface area contributed by atoms with E-state index in [1.54, 1.807) is 6.26 Å². The number of aliphatic hydroxyl groups excluding tert-OH is 2. The number of hydrogen-bond acceptors (Lipinski definition) is 5. The Morgan fingerprint density at radius 3 is 2.41 bits per heavy atom. The van der Waals surface area contributed by atoms with Crippen molar-refractivity contribution in [3.05, 3.63) is 24.2 Å². The molecular weight excluding hydrogens is 220 g/mol. The molecule has 1 aromatic heterocycles. The van der Waals surface area contributed by atoms with E-state index in [0.29, 0.717) is 13.1 Å². The van der Waals surface area contributed by atoms with Gasteiger partial charge in [0.05, 0.1) is 25.5 Å². The average molecular weight is 242 g/mol. The summed E-state index contributed by atoms with van der Waals surface area (Å²) in [4.78, 5) is 1.95. The number of furan rings is 1. The summed E-state index contributed by atoms with van der Waals surface area (Å²) < 4.78 is 5.41. The average Bonchev–Trinajstić information content (AvgIpc) is 2.83. The molecule has 0 fully saturated rings. The third-order valence-corrected chi connectivity index (χ3v) is 2.88. The van der Waals surface area contributed by atoms with Gasteiger partial charge in [-0.05, 0) is 18.6 Å². The first-order valence-corrected chi connectivity index (χ1v) is 5.99. The standard InChI is InChI=1S/C12H22N2O3/c1-2-10(13)12(11-4-3-9-17-11)14(5-7-15)6-8-16/h3-4,9-10,12,15-16H,2,5-8,13H2,1H3. The highest BCUT2D eigenvalue weighted by atomic mass is 16.3. The quantitative estimate of drug-likeness (QED) is 0.612. The molecule has 17 heavy (non-hydrogen) atoms. The highest BCUT2D eigenvalue weighted by molar-refractivity contribution is 5.08. The Morgan fingerprint density at radius 1 is 1.35 bits per heavy atom. The summed E-state index contributed by atoms with van der Waals surface area (Å²) >= 11 is 0. The SMILES string of the molecule is CCC(N)C(c1ccco1)N(CCO)CCO. The van der Waals surface area contributed by atoms with Crippen molar-refractivity contribution >= 4 is 0 Å². The normalized spacial score (nSPS) is 15.1. The monoisotopic (exact) mass is 242 g/mol. The summed E-state index contributed by atoms with van der Waals surface area (Å²) in [5.74, 6) is 0.779. The fraction of sp³-hybridized carbons (Fsp3) is 0.667. The van der Waals surface area contributed by atoms with Crippen LogP contribution in [0.2, 0.25) is 0 Å². The molecular formula is C12H22N2O3. The molecule has 0 aliphatic rings. The van der Waals surface area contributed by atoms with Gasteiger partial charge in [0.2, 0.25) is 0 Å². The molecule has 1 heterocycles. The Kier molecular flexibility index (Phi) is 6.21. The number of hydrogen-bond donors (Lipinski definition) is 3. The minimum atomic E-state index is -0.103. The van der Waals surface area contributed by atoms with Crippen LogP contribution >= 0.6 is 0 Å². The predicted molar refractivity (Wildman–Crippen MR) is 65.5 cm³/mol. The molecule has 0 saturated carbocycles. The van der Waals surface area contributed by atoms with E-state index in [-0.39, 0.29) is 25.3 Å². The third kappa shape index (κ3) is 3.81. The molecule has 0 amide bonds. The second-order valence-corrected chi connectivity index (χ2v) is 4.02.